The predicted molar refractivity (Wildman–Crippen MR) is 51.2 cm³/mol. The minimum atomic E-state index is -0.426. The second-order valence-electron chi connectivity index (χ2n) is 2.88. The Labute approximate surface area is 78.8 Å². The number of ether oxygens (including phenoxy) is 1. The molecule has 0 saturated carbocycles. The van der Waals surface area contributed by atoms with Crippen molar-refractivity contribution in [2.75, 3.05) is 6.61 Å². The molecule has 0 heterocycles. The summed E-state index contributed by atoms with van der Waals surface area (Å²) in [6.07, 6.45) is -0.426. The molecule has 2 nitrogen and oxygen atoms in total. The van der Waals surface area contributed by atoms with Gasteiger partial charge in [-0.15, -0.1) is 0 Å². The summed E-state index contributed by atoms with van der Waals surface area (Å²) in [5, 5.41) is 8.83. The van der Waals surface area contributed by atoms with E-state index in [1.54, 1.807) is 0 Å². The SMILES string of the molecule is CCOC(C#N)c1cccc(C)c1. The van der Waals surface area contributed by atoms with Crippen molar-refractivity contribution in [3.8, 4) is 6.07 Å². The first-order valence-electron chi connectivity index (χ1n) is 4.35. The van der Waals surface area contributed by atoms with E-state index in [0.29, 0.717) is 6.61 Å². The molecule has 0 aliphatic carbocycles. The molecule has 0 fully saturated rings. The monoisotopic (exact) mass is 175 g/mol. The number of benzene rings is 1. The number of nitriles is 1. The van der Waals surface area contributed by atoms with Crippen molar-refractivity contribution in [2.24, 2.45) is 0 Å². The number of aryl methyl sites for hydroxylation is 1. The third-order valence-corrected chi connectivity index (χ3v) is 1.80. The first kappa shape index (κ1) is 9.76. The molecule has 0 radical (unpaired) electrons. The van der Waals surface area contributed by atoms with E-state index in [1.807, 2.05) is 38.1 Å². The fraction of sp³-hybridized carbons (Fsp3) is 0.364. The van der Waals surface area contributed by atoms with Crippen LogP contribution in [0.5, 0.6) is 0 Å². The molecule has 0 amide bonds. The molecule has 13 heavy (non-hydrogen) atoms. The van der Waals surface area contributed by atoms with Gasteiger partial charge in [-0.05, 0) is 19.4 Å². The Bertz CT molecular complexity index is 314. The van der Waals surface area contributed by atoms with Crippen LogP contribution in [0.3, 0.4) is 0 Å². The lowest BCUT2D eigenvalue weighted by molar-refractivity contribution is 0.102. The summed E-state index contributed by atoms with van der Waals surface area (Å²) in [5.41, 5.74) is 2.09. The molecule has 0 aromatic heterocycles. The van der Waals surface area contributed by atoms with Gasteiger partial charge in [-0.1, -0.05) is 29.8 Å². The molecule has 0 aliphatic heterocycles. The Morgan fingerprint density at radius 3 is 2.85 bits per heavy atom. The summed E-state index contributed by atoms with van der Waals surface area (Å²) in [7, 11) is 0. The van der Waals surface area contributed by atoms with Crippen LogP contribution >= 0.6 is 0 Å². The first-order chi connectivity index (χ1) is 6.27. The average Bonchev–Trinajstić information content (AvgIpc) is 2.14. The van der Waals surface area contributed by atoms with Crippen molar-refractivity contribution in [3.05, 3.63) is 35.4 Å². The lowest BCUT2D eigenvalue weighted by atomic mass is 10.1. The summed E-state index contributed by atoms with van der Waals surface area (Å²) in [6, 6.07) is 9.96. The maximum Gasteiger partial charge on any atom is 0.169 e. The Morgan fingerprint density at radius 1 is 1.54 bits per heavy atom. The van der Waals surface area contributed by atoms with Crippen LogP contribution in [0.2, 0.25) is 0 Å². The minimum absolute atomic E-state index is 0.426. The third-order valence-electron chi connectivity index (χ3n) is 1.80. The second kappa shape index (κ2) is 4.64. The van der Waals surface area contributed by atoms with Gasteiger partial charge in [0, 0.05) is 6.61 Å². The quantitative estimate of drug-likeness (QED) is 0.707. The Hall–Kier alpha value is -1.33. The Balaban J connectivity index is 2.86. The number of hydrogen-bond donors (Lipinski definition) is 0. The highest BCUT2D eigenvalue weighted by atomic mass is 16.5. The Morgan fingerprint density at radius 2 is 2.31 bits per heavy atom. The lowest BCUT2D eigenvalue weighted by Gasteiger charge is -2.09. The van der Waals surface area contributed by atoms with Gasteiger partial charge in [-0.25, -0.2) is 0 Å². The molecule has 0 N–H and O–H groups in total. The van der Waals surface area contributed by atoms with Gasteiger partial charge in [0.25, 0.3) is 0 Å². The van der Waals surface area contributed by atoms with Gasteiger partial charge in [0.1, 0.15) is 0 Å². The fourth-order valence-corrected chi connectivity index (χ4v) is 1.21. The van der Waals surface area contributed by atoms with Gasteiger partial charge in [0.05, 0.1) is 6.07 Å². The van der Waals surface area contributed by atoms with Crippen molar-refractivity contribution in [3.63, 3.8) is 0 Å². The molecular weight excluding hydrogens is 162 g/mol. The van der Waals surface area contributed by atoms with E-state index in [-0.39, 0.29) is 0 Å². The zero-order chi connectivity index (χ0) is 9.68. The highest BCUT2D eigenvalue weighted by Gasteiger charge is 2.08. The van der Waals surface area contributed by atoms with Crippen LogP contribution in [0, 0.1) is 18.3 Å². The highest BCUT2D eigenvalue weighted by Crippen LogP contribution is 2.17. The summed E-state index contributed by atoms with van der Waals surface area (Å²) in [4.78, 5) is 0. The highest BCUT2D eigenvalue weighted by molar-refractivity contribution is 5.27. The molecule has 2 heteroatoms. The van der Waals surface area contributed by atoms with Crippen molar-refractivity contribution in [1.29, 1.82) is 5.26 Å². The number of rotatable bonds is 3. The third kappa shape index (κ3) is 2.57. The van der Waals surface area contributed by atoms with Crippen LogP contribution in [-0.4, -0.2) is 6.61 Å². The molecule has 1 rings (SSSR count). The summed E-state index contributed by atoms with van der Waals surface area (Å²) < 4.78 is 5.27. The minimum Gasteiger partial charge on any atom is -0.359 e. The average molecular weight is 175 g/mol. The van der Waals surface area contributed by atoms with Gasteiger partial charge < -0.3 is 4.74 Å². The van der Waals surface area contributed by atoms with E-state index in [0.717, 1.165) is 11.1 Å². The van der Waals surface area contributed by atoms with Crippen LogP contribution in [0.4, 0.5) is 0 Å². The maximum atomic E-state index is 8.83. The van der Waals surface area contributed by atoms with Gasteiger partial charge in [-0.3, -0.25) is 0 Å². The number of nitrogens with zero attached hydrogens (tertiary/aromatic N) is 1. The van der Waals surface area contributed by atoms with E-state index >= 15 is 0 Å². The molecular formula is C11H13NO. The zero-order valence-electron chi connectivity index (χ0n) is 7.95. The van der Waals surface area contributed by atoms with E-state index in [9.17, 15) is 0 Å². The molecule has 0 bridgehead atoms. The van der Waals surface area contributed by atoms with Gasteiger partial charge in [0.2, 0.25) is 0 Å². The molecule has 68 valence electrons. The van der Waals surface area contributed by atoms with E-state index in [2.05, 4.69) is 6.07 Å². The summed E-state index contributed by atoms with van der Waals surface area (Å²) in [6.45, 7) is 4.45. The molecule has 1 aromatic carbocycles. The van der Waals surface area contributed by atoms with Gasteiger partial charge in [0.15, 0.2) is 6.10 Å². The van der Waals surface area contributed by atoms with Crippen LogP contribution in [0.25, 0.3) is 0 Å². The first-order valence-corrected chi connectivity index (χ1v) is 4.35. The normalized spacial score (nSPS) is 12.1. The maximum absolute atomic E-state index is 8.83. The van der Waals surface area contributed by atoms with E-state index in [4.69, 9.17) is 10.00 Å². The van der Waals surface area contributed by atoms with Crippen molar-refractivity contribution < 1.29 is 4.74 Å². The van der Waals surface area contributed by atoms with Crippen molar-refractivity contribution in [2.45, 2.75) is 20.0 Å². The summed E-state index contributed by atoms with van der Waals surface area (Å²) in [5.74, 6) is 0. The molecule has 1 aromatic rings. The van der Waals surface area contributed by atoms with E-state index in [1.165, 1.54) is 0 Å². The van der Waals surface area contributed by atoms with Gasteiger partial charge >= 0.3 is 0 Å². The molecule has 1 atom stereocenters. The number of hydrogen-bond acceptors (Lipinski definition) is 2. The molecule has 1 unspecified atom stereocenters. The van der Waals surface area contributed by atoms with Crippen LogP contribution < -0.4 is 0 Å². The summed E-state index contributed by atoms with van der Waals surface area (Å²) >= 11 is 0. The van der Waals surface area contributed by atoms with E-state index < -0.39 is 6.10 Å². The molecule has 0 spiro atoms. The van der Waals surface area contributed by atoms with Gasteiger partial charge in [-0.2, -0.15) is 5.26 Å². The Kier molecular flexibility index (Phi) is 3.48. The second-order valence-corrected chi connectivity index (χ2v) is 2.88. The van der Waals surface area contributed by atoms with Crippen molar-refractivity contribution in [1.82, 2.24) is 0 Å². The topological polar surface area (TPSA) is 33.0 Å². The van der Waals surface area contributed by atoms with Crippen LogP contribution in [-0.2, 0) is 4.74 Å². The lowest BCUT2D eigenvalue weighted by Crippen LogP contribution is -2.01. The smallest absolute Gasteiger partial charge is 0.169 e. The standard InChI is InChI=1S/C11H13NO/c1-3-13-11(8-12)10-6-4-5-9(2)7-10/h4-7,11H,3H2,1-2H3. The molecule has 0 saturated heterocycles. The van der Waals surface area contributed by atoms with Crippen LogP contribution in [0.15, 0.2) is 24.3 Å². The molecule has 0 aliphatic rings. The fourth-order valence-electron chi connectivity index (χ4n) is 1.21. The van der Waals surface area contributed by atoms with Crippen LogP contribution in [0.1, 0.15) is 24.2 Å². The zero-order valence-corrected chi connectivity index (χ0v) is 7.95. The largest absolute Gasteiger partial charge is 0.359 e. The predicted octanol–water partition coefficient (Wildman–Crippen LogP) is 2.60. The van der Waals surface area contributed by atoms with Crippen molar-refractivity contribution >= 4 is 0 Å².